The molecular formula is C7H5BrF2Mg. The fourth-order valence-corrected chi connectivity index (χ4v) is 0.545. The summed E-state index contributed by atoms with van der Waals surface area (Å²) in [5, 5.41) is 0. The van der Waals surface area contributed by atoms with Crippen LogP contribution in [-0.2, 0) is 0 Å². The summed E-state index contributed by atoms with van der Waals surface area (Å²) in [5.74, 6) is 0. The molecule has 0 atom stereocenters. The predicted octanol–water partition coefficient (Wildman–Crippen LogP) is -0.952. The van der Waals surface area contributed by atoms with E-state index in [4.69, 9.17) is 0 Å². The zero-order valence-corrected chi connectivity index (χ0v) is 8.73. The zero-order valence-electron chi connectivity index (χ0n) is 5.73. The van der Waals surface area contributed by atoms with E-state index in [0.717, 1.165) is 0 Å². The topological polar surface area (TPSA) is 0 Å². The largest absolute Gasteiger partial charge is 2.00 e. The number of hydrogen-bond donors (Lipinski definition) is 0. The molecule has 4 heteroatoms. The molecule has 0 amide bonds. The smallest absolute Gasteiger partial charge is 1.00 e. The maximum absolute atomic E-state index is 11.8. The Hall–Kier alpha value is 0.326. The van der Waals surface area contributed by atoms with Crippen molar-refractivity contribution >= 4 is 23.1 Å². The molecule has 1 rings (SSSR count). The van der Waals surface area contributed by atoms with Gasteiger partial charge < -0.3 is 17.0 Å². The van der Waals surface area contributed by atoms with Gasteiger partial charge in [0.15, 0.2) is 0 Å². The van der Waals surface area contributed by atoms with E-state index in [1.54, 1.807) is 0 Å². The van der Waals surface area contributed by atoms with Crippen molar-refractivity contribution in [3.63, 3.8) is 0 Å². The second-order valence-corrected chi connectivity index (χ2v) is 1.63. The molecule has 0 bridgehead atoms. The van der Waals surface area contributed by atoms with Gasteiger partial charge >= 0.3 is 23.1 Å². The summed E-state index contributed by atoms with van der Waals surface area (Å²) in [5.41, 5.74) is 0.0498. The monoisotopic (exact) mass is 230 g/mol. The van der Waals surface area contributed by atoms with Gasteiger partial charge in [-0.25, -0.2) is 8.78 Å². The maximum Gasteiger partial charge on any atom is 2.00 e. The normalized spacial score (nSPS) is 8.27. The Bertz CT molecular complexity index is 179. The minimum atomic E-state index is -2.36. The van der Waals surface area contributed by atoms with Crippen LogP contribution in [0.2, 0.25) is 0 Å². The van der Waals surface area contributed by atoms with Gasteiger partial charge in [-0.3, -0.25) is 0 Å². The second kappa shape index (κ2) is 7.00. The van der Waals surface area contributed by atoms with E-state index in [2.05, 4.69) is 6.07 Å². The summed E-state index contributed by atoms with van der Waals surface area (Å²) in [6, 6.07) is 8.31. The molecule has 1 aromatic rings. The van der Waals surface area contributed by atoms with Crippen LogP contribution in [-0.4, -0.2) is 23.1 Å². The first-order valence-electron chi connectivity index (χ1n) is 2.55. The molecule has 11 heavy (non-hydrogen) atoms. The van der Waals surface area contributed by atoms with Crippen LogP contribution in [0.5, 0.6) is 0 Å². The fraction of sp³-hybridized carbons (Fsp3) is 0.143. The average Bonchev–Trinajstić information content (AvgIpc) is 1.90. The van der Waals surface area contributed by atoms with Crippen molar-refractivity contribution in [1.82, 2.24) is 0 Å². The molecular weight excluding hydrogens is 226 g/mol. The van der Waals surface area contributed by atoms with Gasteiger partial charge in [-0.15, -0.1) is 0 Å². The van der Waals surface area contributed by atoms with E-state index < -0.39 is 6.43 Å². The van der Waals surface area contributed by atoms with Crippen molar-refractivity contribution in [2.75, 3.05) is 0 Å². The van der Waals surface area contributed by atoms with Crippen LogP contribution in [0.3, 0.4) is 0 Å². The molecule has 0 heterocycles. The van der Waals surface area contributed by atoms with Gasteiger partial charge in [0.1, 0.15) is 0 Å². The van der Waals surface area contributed by atoms with Gasteiger partial charge in [0.05, 0.1) is 0 Å². The van der Waals surface area contributed by atoms with E-state index in [1.807, 2.05) is 0 Å². The zero-order chi connectivity index (χ0) is 6.69. The van der Waals surface area contributed by atoms with Gasteiger partial charge in [-0.2, -0.15) is 30.3 Å². The van der Waals surface area contributed by atoms with Gasteiger partial charge in [0.25, 0.3) is 0 Å². The summed E-state index contributed by atoms with van der Waals surface area (Å²) in [4.78, 5) is 0. The molecule has 0 aliphatic heterocycles. The first kappa shape index (κ1) is 13.9. The Morgan fingerprint density at radius 2 is 1.64 bits per heavy atom. The number of rotatable bonds is 1. The van der Waals surface area contributed by atoms with Crippen molar-refractivity contribution in [2.24, 2.45) is 0 Å². The molecule has 0 unspecified atom stereocenters. The van der Waals surface area contributed by atoms with Crippen LogP contribution in [0.1, 0.15) is 12.0 Å². The predicted molar refractivity (Wildman–Crippen MR) is 36.0 cm³/mol. The Balaban J connectivity index is 0. The van der Waals surface area contributed by atoms with E-state index in [0.29, 0.717) is 0 Å². The summed E-state index contributed by atoms with van der Waals surface area (Å²) >= 11 is 0. The number of benzene rings is 1. The molecule has 56 valence electrons. The Morgan fingerprint density at radius 1 is 1.18 bits per heavy atom. The van der Waals surface area contributed by atoms with Crippen LogP contribution in [0, 0.1) is 6.07 Å². The van der Waals surface area contributed by atoms with Crippen molar-refractivity contribution < 1.29 is 25.8 Å². The molecule has 0 aromatic heterocycles. The molecule has 0 aliphatic carbocycles. The van der Waals surface area contributed by atoms with Crippen molar-refractivity contribution in [3.8, 4) is 0 Å². The molecule has 0 aliphatic rings. The van der Waals surface area contributed by atoms with Crippen molar-refractivity contribution in [1.29, 1.82) is 0 Å². The summed E-state index contributed by atoms with van der Waals surface area (Å²) in [6.07, 6.45) is -2.36. The van der Waals surface area contributed by atoms with Gasteiger partial charge in [0, 0.05) is 0 Å². The van der Waals surface area contributed by atoms with Gasteiger partial charge in [0.2, 0.25) is 6.43 Å². The third kappa shape index (κ3) is 4.71. The van der Waals surface area contributed by atoms with Crippen LogP contribution < -0.4 is 17.0 Å². The van der Waals surface area contributed by atoms with E-state index in [1.165, 1.54) is 24.3 Å². The number of hydrogen-bond acceptors (Lipinski definition) is 0. The Labute approximate surface area is 90.9 Å². The van der Waals surface area contributed by atoms with Crippen molar-refractivity contribution in [2.45, 2.75) is 6.43 Å². The minimum absolute atomic E-state index is 0. The third-order valence-corrected chi connectivity index (χ3v) is 0.996. The molecule has 0 saturated heterocycles. The van der Waals surface area contributed by atoms with E-state index in [9.17, 15) is 8.78 Å². The quantitative estimate of drug-likeness (QED) is 0.432. The molecule has 0 N–H and O–H groups in total. The fourth-order valence-electron chi connectivity index (χ4n) is 0.545. The average molecular weight is 231 g/mol. The van der Waals surface area contributed by atoms with Crippen LogP contribution in [0.25, 0.3) is 0 Å². The minimum Gasteiger partial charge on any atom is -1.00 e. The summed E-state index contributed by atoms with van der Waals surface area (Å²) in [6.45, 7) is 0. The van der Waals surface area contributed by atoms with Crippen LogP contribution in [0.15, 0.2) is 24.3 Å². The summed E-state index contributed by atoms with van der Waals surface area (Å²) in [7, 11) is 0. The standard InChI is InChI=1S/C7H5F2.BrH.Mg/c8-7(9)6-4-2-1-3-5-6;;/h2-5,7H;1H;/q-1;;+2/p-1. The number of alkyl halides is 2. The Kier molecular flexibility index (Phi) is 8.84. The maximum atomic E-state index is 11.8. The molecule has 0 radical (unpaired) electrons. The van der Waals surface area contributed by atoms with Crippen LogP contribution >= 0.6 is 0 Å². The summed E-state index contributed by atoms with van der Waals surface area (Å²) < 4.78 is 23.5. The molecule has 0 nitrogen and oxygen atoms in total. The Morgan fingerprint density at radius 3 is 1.91 bits per heavy atom. The van der Waals surface area contributed by atoms with Gasteiger partial charge in [-0.05, 0) is 0 Å². The second-order valence-electron chi connectivity index (χ2n) is 1.63. The molecule has 0 fully saturated rings. The number of halogens is 3. The molecule has 0 saturated carbocycles. The third-order valence-electron chi connectivity index (χ3n) is 0.996. The van der Waals surface area contributed by atoms with E-state index >= 15 is 0 Å². The molecule has 1 aromatic carbocycles. The first-order chi connectivity index (χ1) is 4.30. The van der Waals surface area contributed by atoms with Crippen LogP contribution in [0.4, 0.5) is 8.78 Å². The first-order valence-corrected chi connectivity index (χ1v) is 2.55. The van der Waals surface area contributed by atoms with Crippen molar-refractivity contribution in [3.05, 3.63) is 35.9 Å². The van der Waals surface area contributed by atoms with E-state index in [-0.39, 0.29) is 45.6 Å². The molecule has 0 spiro atoms. The van der Waals surface area contributed by atoms with Gasteiger partial charge in [-0.1, -0.05) is 5.56 Å². The SMILES string of the molecule is FC(F)c1cc[c-]cc1.[Br-].[Mg+2].